The summed E-state index contributed by atoms with van der Waals surface area (Å²) in [5.41, 5.74) is 2.10. The summed E-state index contributed by atoms with van der Waals surface area (Å²) in [6.07, 6.45) is 3.87. The van der Waals surface area contributed by atoms with Gasteiger partial charge in [-0.15, -0.1) is 11.3 Å². The third kappa shape index (κ3) is 6.12. The molecular weight excluding hydrogens is 432 g/mol. The summed E-state index contributed by atoms with van der Waals surface area (Å²) in [7, 11) is -3.42. The van der Waals surface area contributed by atoms with Crippen molar-refractivity contribution in [1.82, 2.24) is 19.5 Å². The van der Waals surface area contributed by atoms with Crippen molar-refractivity contribution in [3.05, 3.63) is 45.9 Å². The molecule has 168 valence electrons. The van der Waals surface area contributed by atoms with E-state index in [9.17, 15) is 13.2 Å². The second-order valence-electron chi connectivity index (χ2n) is 8.28. The van der Waals surface area contributed by atoms with Crippen LogP contribution in [0.1, 0.15) is 42.5 Å². The van der Waals surface area contributed by atoms with Gasteiger partial charge in [0.1, 0.15) is 0 Å². The zero-order valence-electron chi connectivity index (χ0n) is 17.9. The number of benzene rings is 1. The molecule has 0 unspecified atom stereocenters. The Bertz CT molecular complexity index is 992. The average molecular weight is 463 g/mol. The number of amides is 1. The highest BCUT2D eigenvalue weighted by Crippen LogP contribution is 2.22. The van der Waals surface area contributed by atoms with Crippen LogP contribution in [0.3, 0.4) is 0 Å². The lowest BCUT2D eigenvalue weighted by Gasteiger charge is -2.34. The van der Waals surface area contributed by atoms with Gasteiger partial charge in [0.2, 0.25) is 15.9 Å². The zero-order chi connectivity index (χ0) is 21.8. The number of piperazine rings is 1. The van der Waals surface area contributed by atoms with Gasteiger partial charge in [-0.1, -0.05) is 19.1 Å². The van der Waals surface area contributed by atoms with E-state index in [1.54, 1.807) is 23.5 Å². The lowest BCUT2D eigenvalue weighted by atomic mass is 10.1. The van der Waals surface area contributed by atoms with Crippen molar-refractivity contribution in [1.29, 1.82) is 0 Å². The first kappa shape index (κ1) is 22.4. The lowest BCUT2D eigenvalue weighted by molar-refractivity contribution is -0.133. The quantitative estimate of drug-likeness (QED) is 0.619. The van der Waals surface area contributed by atoms with E-state index in [2.05, 4.69) is 26.9 Å². The summed E-state index contributed by atoms with van der Waals surface area (Å²) in [4.78, 5) is 21.8. The van der Waals surface area contributed by atoms with E-state index >= 15 is 0 Å². The van der Waals surface area contributed by atoms with Gasteiger partial charge >= 0.3 is 0 Å². The summed E-state index contributed by atoms with van der Waals surface area (Å²) in [6.45, 7) is 6.19. The van der Waals surface area contributed by atoms with Gasteiger partial charge in [0, 0.05) is 50.6 Å². The Kier molecular flexibility index (Phi) is 7.05. The van der Waals surface area contributed by atoms with Crippen LogP contribution < -0.4 is 4.72 Å². The Hall–Kier alpha value is -1.81. The average Bonchev–Trinajstić information content (AvgIpc) is 3.46. The lowest BCUT2D eigenvalue weighted by Crippen LogP contribution is -2.48. The van der Waals surface area contributed by atoms with Gasteiger partial charge < -0.3 is 4.90 Å². The largest absolute Gasteiger partial charge is 0.340 e. The SMILES string of the molecule is CCc1nc(CN2CCN(C(=O)CCc3ccc(S(=O)(=O)NC4CC4)cc3)CC2)cs1. The van der Waals surface area contributed by atoms with E-state index in [-0.39, 0.29) is 16.8 Å². The van der Waals surface area contributed by atoms with Crippen molar-refractivity contribution in [3.8, 4) is 0 Å². The molecule has 4 rings (SSSR count). The standard InChI is InChI=1S/C22H30N4O3S2/c1-2-21-23-19(16-30-21)15-25-11-13-26(14-12-25)22(27)10-5-17-3-8-20(9-4-17)31(28,29)24-18-6-7-18/h3-4,8-9,16,18,24H,2,5-7,10-15H2,1H3. The highest BCUT2D eigenvalue weighted by atomic mass is 32.2. The topological polar surface area (TPSA) is 82.6 Å². The van der Waals surface area contributed by atoms with E-state index in [1.165, 1.54) is 5.01 Å². The van der Waals surface area contributed by atoms with Crippen molar-refractivity contribution >= 4 is 27.3 Å². The third-order valence-electron chi connectivity index (χ3n) is 5.77. The molecule has 1 aromatic heterocycles. The molecule has 1 amide bonds. The Balaban J connectivity index is 1.21. The molecule has 31 heavy (non-hydrogen) atoms. The first-order valence-electron chi connectivity index (χ1n) is 11.0. The van der Waals surface area contributed by atoms with Gasteiger partial charge in [0.25, 0.3) is 0 Å². The van der Waals surface area contributed by atoms with E-state index in [1.807, 2.05) is 17.0 Å². The first-order valence-corrected chi connectivity index (χ1v) is 13.3. The van der Waals surface area contributed by atoms with Crippen LogP contribution in [0, 0.1) is 0 Å². The molecule has 0 spiro atoms. The molecule has 7 nitrogen and oxygen atoms in total. The summed E-state index contributed by atoms with van der Waals surface area (Å²) >= 11 is 1.72. The Morgan fingerprint density at radius 1 is 1.16 bits per heavy atom. The number of thiazole rings is 1. The molecule has 0 bridgehead atoms. The molecule has 1 aliphatic carbocycles. The van der Waals surface area contributed by atoms with Gasteiger partial charge in [-0.2, -0.15) is 0 Å². The first-order chi connectivity index (χ1) is 14.9. The maximum atomic E-state index is 12.6. The summed E-state index contributed by atoms with van der Waals surface area (Å²) in [5.74, 6) is 0.161. The minimum absolute atomic E-state index is 0.0954. The van der Waals surface area contributed by atoms with E-state index in [0.29, 0.717) is 12.8 Å². The molecule has 1 saturated carbocycles. The number of nitrogens with one attached hydrogen (secondary N) is 1. The normalized spacial score (nSPS) is 17.8. The van der Waals surface area contributed by atoms with Crippen molar-refractivity contribution in [2.45, 2.75) is 56.5 Å². The Morgan fingerprint density at radius 2 is 1.87 bits per heavy atom. The van der Waals surface area contributed by atoms with Crippen LogP contribution in [-0.2, 0) is 34.2 Å². The number of aryl methyl sites for hydroxylation is 2. The fraction of sp³-hybridized carbons (Fsp3) is 0.545. The van der Waals surface area contributed by atoms with Crippen LogP contribution in [0.5, 0.6) is 0 Å². The molecule has 2 aliphatic rings. The molecule has 0 radical (unpaired) electrons. The van der Waals surface area contributed by atoms with Crippen LogP contribution in [0.25, 0.3) is 0 Å². The monoisotopic (exact) mass is 462 g/mol. The van der Waals surface area contributed by atoms with Crippen molar-refractivity contribution in [2.24, 2.45) is 0 Å². The van der Waals surface area contributed by atoms with Gasteiger partial charge in [-0.25, -0.2) is 18.1 Å². The fourth-order valence-corrected chi connectivity index (χ4v) is 5.74. The van der Waals surface area contributed by atoms with E-state index in [4.69, 9.17) is 0 Å². The van der Waals surface area contributed by atoms with Crippen LogP contribution in [-0.4, -0.2) is 61.3 Å². The summed E-state index contributed by atoms with van der Waals surface area (Å²) < 4.78 is 27.2. The second-order valence-corrected chi connectivity index (χ2v) is 10.9. The number of sulfonamides is 1. The number of carbonyl (C=O) groups excluding carboxylic acids is 1. The molecule has 1 N–H and O–H groups in total. The van der Waals surface area contributed by atoms with Crippen LogP contribution in [0.15, 0.2) is 34.5 Å². The van der Waals surface area contributed by atoms with Crippen LogP contribution in [0.2, 0.25) is 0 Å². The highest BCUT2D eigenvalue weighted by molar-refractivity contribution is 7.89. The maximum Gasteiger partial charge on any atom is 0.240 e. The van der Waals surface area contributed by atoms with Gasteiger partial charge in [-0.3, -0.25) is 9.69 Å². The molecule has 1 aliphatic heterocycles. The number of rotatable bonds is 9. The molecule has 2 heterocycles. The minimum Gasteiger partial charge on any atom is -0.340 e. The molecule has 1 saturated heterocycles. The van der Waals surface area contributed by atoms with Gasteiger partial charge in [0.05, 0.1) is 15.6 Å². The van der Waals surface area contributed by atoms with Gasteiger partial charge in [0.15, 0.2) is 0 Å². The number of carbonyl (C=O) groups is 1. The Labute approximate surface area is 188 Å². The molecule has 2 aromatic rings. The Morgan fingerprint density at radius 3 is 2.48 bits per heavy atom. The third-order valence-corrected chi connectivity index (χ3v) is 8.35. The number of nitrogens with zero attached hydrogens (tertiary/aromatic N) is 3. The van der Waals surface area contributed by atoms with E-state index < -0.39 is 10.0 Å². The van der Waals surface area contributed by atoms with Gasteiger partial charge in [-0.05, 0) is 43.4 Å². The van der Waals surface area contributed by atoms with Crippen LogP contribution in [0.4, 0.5) is 0 Å². The summed E-state index contributed by atoms with van der Waals surface area (Å²) in [6, 6.07) is 6.98. The van der Waals surface area contributed by atoms with Crippen molar-refractivity contribution in [3.63, 3.8) is 0 Å². The summed E-state index contributed by atoms with van der Waals surface area (Å²) in [5, 5.41) is 3.31. The maximum absolute atomic E-state index is 12.6. The molecule has 1 aromatic carbocycles. The number of hydrogen-bond acceptors (Lipinski definition) is 6. The zero-order valence-corrected chi connectivity index (χ0v) is 19.6. The molecule has 2 fully saturated rings. The minimum atomic E-state index is -3.42. The smallest absolute Gasteiger partial charge is 0.240 e. The highest BCUT2D eigenvalue weighted by Gasteiger charge is 2.28. The number of aromatic nitrogens is 1. The second kappa shape index (κ2) is 9.77. The van der Waals surface area contributed by atoms with E-state index in [0.717, 1.165) is 63.2 Å². The van der Waals surface area contributed by atoms with Crippen molar-refractivity contribution in [2.75, 3.05) is 26.2 Å². The van der Waals surface area contributed by atoms with Crippen LogP contribution >= 0.6 is 11.3 Å². The molecular formula is C22H30N4O3S2. The fourth-order valence-electron chi connectivity index (χ4n) is 3.70. The molecule has 9 heteroatoms. The predicted molar refractivity (Wildman–Crippen MR) is 121 cm³/mol. The van der Waals surface area contributed by atoms with Crippen molar-refractivity contribution < 1.29 is 13.2 Å². The number of hydrogen-bond donors (Lipinski definition) is 1. The molecule has 0 atom stereocenters. The predicted octanol–water partition coefficient (Wildman–Crippen LogP) is 2.42.